The molecule has 1 heterocycles. The van der Waals surface area contributed by atoms with Gasteiger partial charge >= 0.3 is 0 Å². The van der Waals surface area contributed by atoms with Gasteiger partial charge in [-0.15, -0.1) is 0 Å². The lowest BCUT2D eigenvalue weighted by molar-refractivity contribution is -0.122. The predicted molar refractivity (Wildman–Crippen MR) is 73.5 cm³/mol. The molecular weight excluding hydrogens is 245 g/mol. The summed E-state index contributed by atoms with van der Waals surface area (Å²) in [5.41, 5.74) is 5.94. The highest BCUT2D eigenvalue weighted by Crippen LogP contribution is 2.23. The first-order valence-corrected chi connectivity index (χ1v) is 6.61. The van der Waals surface area contributed by atoms with E-state index in [9.17, 15) is 9.18 Å². The Morgan fingerprint density at radius 2 is 2.11 bits per heavy atom. The Morgan fingerprint density at radius 1 is 1.37 bits per heavy atom. The van der Waals surface area contributed by atoms with Crippen molar-refractivity contribution in [3.8, 4) is 0 Å². The molecular formula is C14H20FN3O. The van der Waals surface area contributed by atoms with E-state index in [4.69, 9.17) is 5.73 Å². The first-order chi connectivity index (χ1) is 9.15. The average Bonchev–Trinajstić information content (AvgIpc) is 2.53. The molecule has 2 N–H and O–H groups in total. The maximum absolute atomic E-state index is 13.9. The minimum atomic E-state index is -0.355. The molecule has 1 aliphatic heterocycles. The zero-order valence-electron chi connectivity index (χ0n) is 11.2. The van der Waals surface area contributed by atoms with Crippen molar-refractivity contribution in [1.29, 1.82) is 0 Å². The van der Waals surface area contributed by atoms with E-state index >= 15 is 0 Å². The highest BCUT2D eigenvalue weighted by molar-refractivity contribution is 5.97. The average molecular weight is 265 g/mol. The molecule has 0 radical (unpaired) electrons. The third kappa shape index (κ3) is 2.93. The van der Waals surface area contributed by atoms with E-state index in [0.29, 0.717) is 25.2 Å². The van der Waals surface area contributed by atoms with Gasteiger partial charge in [-0.05, 0) is 38.6 Å². The predicted octanol–water partition coefficient (Wildman–Crippen LogP) is 1.21. The maximum Gasteiger partial charge on any atom is 0.244 e. The maximum atomic E-state index is 13.9. The number of carbonyl (C=O) groups excluding carboxylic acids is 1. The SMILES string of the molecule is CN1CCCN(c2ccccc2F)C(=O)C1CCN. The number of hydrogen-bond donors (Lipinski definition) is 1. The van der Waals surface area contributed by atoms with Gasteiger partial charge < -0.3 is 10.6 Å². The van der Waals surface area contributed by atoms with Gasteiger partial charge in [0.05, 0.1) is 11.7 Å². The van der Waals surface area contributed by atoms with Crippen LogP contribution in [0.25, 0.3) is 0 Å². The fourth-order valence-corrected chi connectivity index (χ4v) is 2.52. The van der Waals surface area contributed by atoms with Gasteiger partial charge in [0.15, 0.2) is 0 Å². The summed E-state index contributed by atoms with van der Waals surface area (Å²) in [7, 11) is 1.92. The third-order valence-electron chi connectivity index (χ3n) is 3.56. The highest BCUT2D eigenvalue weighted by Gasteiger charge is 2.31. The van der Waals surface area contributed by atoms with E-state index in [1.54, 1.807) is 23.1 Å². The number of para-hydroxylation sites is 1. The first kappa shape index (κ1) is 14.0. The van der Waals surface area contributed by atoms with Crippen LogP contribution in [-0.2, 0) is 4.79 Å². The number of rotatable bonds is 3. The van der Waals surface area contributed by atoms with Crippen molar-refractivity contribution >= 4 is 11.6 Å². The van der Waals surface area contributed by atoms with Crippen LogP contribution in [0.1, 0.15) is 12.8 Å². The Labute approximate surface area is 113 Å². The van der Waals surface area contributed by atoms with Gasteiger partial charge in [0.25, 0.3) is 0 Å². The summed E-state index contributed by atoms with van der Waals surface area (Å²) in [5.74, 6) is -0.414. The monoisotopic (exact) mass is 265 g/mol. The second kappa shape index (κ2) is 6.12. The summed E-state index contributed by atoms with van der Waals surface area (Å²) in [6, 6.07) is 6.16. The van der Waals surface area contributed by atoms with Crippen molar-refractivity contribution < 1.29 is 9.18 Å². The number of likely N-dealkylation sites (N-methyl/N-ethyl adjacent to an activating group) is 1. The van der Waals surface area contributed by atoms with Gasteiger partial charge in [-0.3, -0.25) is 9.69 Å². The topological polar surface area (TPSA) is 49.6 Å². The molecule has 4 nitrogen and oxygen atoms in total. The van der Waals surface area contributed by atoms with Crippen molar-refractivity contribution in [3.05, 3.63) is 30.1 Å². The van der Waals surface area contributed by atoms with E-state index in [1.807, 2.05) is 11.9 Å². The minimum absolute atomic E-state index is 0.0597. The van der Waals surface area contributed by atoms with Crippen molar-refractivity contribution in [2.45, 2.75) is 18.9 Å². The van der Waals surface area contributed by atoms with Gasteiger partial charge in [-0.1, -0.05) is 12.1 Å². The Morgan fingerprint density at radius 3 is 2.79 bits per heavy atom. The van der Waals surface area contributed by atoms with E-state index < -0.39 is 0 Å². The lowest BCUT2D eigenvalue weighted by atomic mass is 10.1. The molecule has 0 aromatic heterocycles. The van der Waals surface area contributed by atoms with Crippen LogP contribution < -0.4 is 10.6 Å². The number of carbonyl (C=O) groups is 1. The third-order valence-corrected chi connectivity index (χ3v) is 3.56. The Hall–Kier alpha value is -1.46. The Bertz CT molecular complexity index is 452. The molecule has 19 heavy (non-hydrogen) atoms. The number of anilines is 1. The zero-order valence-corrected chi connectivity index (χ0v) is 11.2. The van der Waals surface area contributed by atoms with E-state index in [1.165, 1.54) is 6.07 Å². The second-order valence-electron chi connectivity index (χ2n) is 4.87. The fourth-order valence-electron chi connectivity index (χ4n) is 2.52. The molecule has 2 rings (SSSR count). The van der Waals surface area contributed by atoms with Crippen molar-refractivity contribution in [3.63, 3.8) is 0 Å². The summed E-state index contributed by atoms with van der Waals surface area (Å²) in [6.07, 6.45) is 1.43. The van der Waals surface area contributed by atoms with Crippen molar-refractivity contribution in [1.82, 2.24) is 4.90 Å². The summed E-state index contributed by atoms with van der Waals surface area (Å²) in [5, 5.41) is 0. The van der Waals surface area contributed by atoms with Crippen LogP contribution in [0.4, 0.5) is 10.1 Å². The molecule has 0 aliphatic carbocycles. The summed E-state index contributed by atoms with van der Waals surface area (Å²) < 4.78 is 13.9. The molecule has 1 atom stereocenters. The molecule has 0 bridgehead atoms. The van der Waals surface area contributed by atoms with E-state index in [2.05, 4.69) is 0 Å². The van der Waals surface area contributed by atoms with Crippen molar-refractivity contribution in [2.24, 2.45) is 5.73 Å². The molecule has 1 fully saturated rings. The van der Waals surface area contributed by atoms with Crippen LogP contribution in [0.2, 0.25) is 0 Å². The molecule has 0 saturated carbocycles. The fraction of sp³-hybridized carbons (Fsp3) is 0.500. The number of amides is 1. The lowest BCUT2D eigenvalue weighted by Crippen LogP contribution is -2.45. The van der Waals surface area contributed by atoms with Crippen LogP contribution >= 0.6 is 0 Å². The number of nitrogens with two attached hydrogens (primary N) is 1. The summed E-state index contributed by atoms with van der Waals surface area (Å²) >= 11 is 0. The molecule has 104 valence electrons. The number of nitrogens with zero attached hydrogens (tertiary/aromatic N) is 2. The van der Waals surface area contributed by atoms with Gasteiger partial charge in [0.2, 0.25) is 5.91 Å². The van der Waals surface area contributed by atoms with Gasteiger partial charge in [0.1, 0.15) is 5.82 Å². The largest absolute Gasteiger partial charge is 0.330 e. The van der Waals surface area contributed by atoms with Crippen LogP contribution in [0, 0.1) is 5.82 Å². The quantitative estimate of drug-likeness (QED) is 0.893. The minimum Gasteiger partial charge on any atom is -0.330 e. The normalized spacial score (nSPS) is 21.5. The molecule has 1 unspecified atom stereocenters. The smallest absolute Gasteiger partial charge is 0.244 e. The lowest BCUT2D eigenvalue weighted by Gasteiger charge is -2.28. The van der Waals surface area contributed by atoms with Crippen molar-refractivity contribution in [2.75, 3.05) is 31.6 Å². The van der Waals surface area contributed by atoms with Crippen LogP contribution in [-0.4, -0.2) is 43.5 Å². The Kier molecular flexibility index (Phi) is 4.50. The number of hydrogen-bond acceptors (Lipinski definition) is 3. The molecule has 1 aromatic rings. The standard InChI is InChI=1S/C14H20FN3O/c1-17-9-4-10-18(14(19)13(17)7-8-16)12-6-3-2-5-11(12)15/h2-3,5-6,13H,4,7-10,16H2,1H3. The second-order valence-corrected chi connectivity index (χ2v) is 4.87. The van der Waals surface area contributed by atoms with E-state index in [-0.39, 0.29) is 17.8 Å². The van der Waals surface area contributed by atoms with Gasteiger partial charge in [0, 0.05) is 13.1 Å². The highest BCUT2D eigenvalue weighted by atomic mass is 19.1. The zero-order chi connectivity index (χ0) is 13.8. The molecule has 1 aromatic carbocycles. The van der Waals surface area contributed by atoms with Crippen LogP contribution in [0.3, 0.4) is 0 Å². The first-order valence-electron chi connectivity index (χ1n) is 6.61. The number of benzene rings is 1. The summed E-state index contributed by atoms with van der Waals surface area (Å²) in [6.45, 7) is 1.82. The molecule has 0 spiro atoms. The van der Waals surface area contributed by atoms with Gasteiger partial charge in [-0.2, -0.15) is 0 Å². The molecule has 1 saturated heterocycles. The van der Waals surface area contributed by atoms with Crippen LogP contribution in [0.5, 0.6) is 0 Å². The molecule has 5 heteroatoms. The molecule has 1 amide bonds. The van der Waals surface area contributed by atoms with Crippen LogP contribution in [0.15, 0.2) is 24.3 Å². The number of halogens is 1. The Balaban J connectivity index is 2.30. The van der Waals surface area contributed by atoms with E-state index in [0.717, 1.165) is 13.0 Å². The van der Waals surface area contributed by atoms with Gasteiger partial charge in [-0.25, -0.2) is 4.39 Å². The molecule has 1 aliphatic rings. The summed E-state index contributed by atoms with van der Waals surface area (Å²) in [4.78, 5) is 16.1.